The zero-order valence-corrected chi connectivity index (χ0v) is 18.5. The smallest absolute Gasteiger partial charge is 0.258 e. The Bertz CT molecular complexity index is 847. The predicted molar refractivity (Wildman–Crippen MR) is 121 cm³/mol. The summed E-state index contributed by atoms with van der Waals surface area (Å²) in [5.74, 6) is 0.827. The zero-order valence-electron chi connectivity index (χ0n) is 18.5. The number of benzene rings is 2. The van der Waals surface area contributed by atoms with Crippen LogP contribution in [0.1, 0.15) is 36.7 Å². The third kappa shape index (κ3) is 4.73. The summed E-state index contributed by atoms with van der Waals surface area (Å²) in [6.07, 6.45) is 0. The predicted octanol–water partition coefficient (Wildman–Crippen LogP) is 4.02. The van der Waals surface area contributed by atoms with Crippen LogP contribution in [-0.4, -0.2) is 58.2 Å². The van der Waals surface area contributed by atoms with Crippen molar-refractivity contribution in [1.82, 2.24) is 4.90 Å². The summed E-state index contributed by atoms with van der Waals surface area (Å²) in [4.78, 5) is 19.4. The van der Waals surface area contributed by atoms with Crippen LogP contribution in [-0.2, 0) is 5.41 Å². The molecule has 0 unspecified atom stereocenters. The summed E-state index contributed by atoms with van der Waals surface area (Å²) in [7, 11) is 5.66. The lowest BCUT2D eigenvalue weighted by atomic mass is 9.86. The van der Waals surface area contributed by atoms with Crippen LogP contribution in [0.3, 0.4) is 0 Å². The summed E-state index contributed by atoms with van der Waals surface area (Å²) < 4.78 is 5.59. The van der Waals surface area contributed by atoms with Gasteiger partial charge in [-0.3, -0.25) is 4.79 Å². The first-order valence-electron chi connectivity index (χ1n) is 10.2. The van der Waals surface area contributed by atoms with Crippen LogP contribution in [0.5, 0.6) is 5.75 Å². The van der Waals surface area contributed by atoms with Crippen LogP contribution in [0.2, 0.25) is 0 Å². The van der Waals surface area contributed by atoms with Gasteiger partial charge in [0.25, 0.3) is 5.91 Å². The maximum Gasteiger partial charge on any atom is 0.258 e. The quantitative estimate of drug-likeness (QED) is 0.783. The van der Waals surface area contributed by atoms with E-state index in [9.17, 15) is 4.79 Å². The molecule has 5 heteroatoms. The Kier molecular flexibility index (Phi) is 6.18. The lowest BCUT2D eigenvalue weighted by Crippen LogP contribution is -2.44. The number of hydrogen-bond acceptors (Lipinski definition) is 4. The number of amides is 1. The number of piperazine rings is 1. The molecule has 1 saturated heterocycles. The number of carbonyl (C=O) groups excluding carboxylic acids is 1. The van der Waals surface area contributed by atoms with E-state index in [-0.39, 0.29) is 11.3 Å². The number of rotatable bonds is 4. The molecule has 0 spiro atoms. The minimum atomic E-state index is -0.0139. The Balaban J connectivity index is 1.84. The molecular weight excluding hydrogens is 362 g/mol. The third-order valence-corrected chi connectivity index (χ3v) is 5.70. The summed E-state index contributed by atoms with van der Waals surface area (Å²) >= 11 is 0. The van der Waals surface area contributed by atoms with E-state index in [1.165, 1.54) is 5.56 Å². The first-order chi connectivity index (χ1) is 13.7. The molecule has 1 aliphatic rings. The van der Waals surface area contributed by atoms with E-state index in [2.05, 4.69) is 43.7 Å². The van der Waals surface area contributed by atoms with E-state index in [4.69, 9.17) is 4.74 Å². The second kappa shape index (κ2) is 8.46. The highest BCUT2D eigenvalue weighted by molar-refractivity contribution is 6.06. The largest absolute Gasteiger partial charge is 0.495 e. The molecule has 2 aromatic carbocycles. The van der Waals surface area contributed by atoms with Crippen LogP contribution in [0.25, 0.3) is 0 Å². The van der Waals surface area contributed by atoms with Crippen molar-refractivity contribution >= 4 is 17.3 Å². The SMILES string of the molecule is COc1ccc(N(C)C(=O)c2ccc(C(C)(C)C)cc2)cc1N1CCN(C)CC1. The van der Waals surface area contributed by atoms with Gasteiger partial charge >= 0.3 is 0 Å². The van der Waals surface area contributed by atoms with E-state index in [1.54, 1.807) is 12.0 Å². The molecule has 0 atom stereocenters. The monoisotopic (exact) mass is 395 g/mol. The average molecular weight is 396 g/mol. The van der Waals surface area contributed by atoms with Crippen LogP contribution >= 0.6 is 0 Å². The van der Waals surface area contributed by atoms with Crippen molar-refractivity contribution in [2.75, 3.05) is 57.2 Å². The van der Waals surface area contributed by atoms with Gasteiger partial charge in [0, 0.05) is 44.5 Å². The van der Waals surface area contributed by atoms with Crippen molar-refractivity contribution < 1.29 is 9.53 Å². The highest BCUT2D eigenvalue weighted by Gasteiger charge is 2.21. The molecule has 0 bridgehead atoms. The van der Waals surface area contributed by atoms with Crippen LogP contribution in [0.15, 0.2) is 42.5 Å². The highest BCUT2D eigenvalue weighted by Crippen LogP contribution is 2.33. The van der Waals surface area contributed by atoms with E-state index in [0.717, 1.165) is 43.3 Å². The van der Waals surface area contributed by atoms with Crippen LogP contribution in [0, 0.1) is 0 Å². The van der Waals surface area contributed by atoms with Gasteiger partial charge in [-0.2, -0.15) is 0 Å². The second-order valence-electron chi connectivity index (χ2n) is 8.84. The maximum absolute atomic E-state index is 13.1. The van der Waals surface area contributed by atoms with Gasteiger partial charge in [-0.05, 0) is 48.4 Å². The molecule has 1 heterocycles. The number of methoxy groups -OCH3 is 1. The molecule has 2 aromatic rings. The number of likely N-dealkylation sites (N-methyl/N-ethyl adjacent to an activating group) is 1. The summed E-state index contributed by atoms with van der Waals surface area (Å²) in [5.41, 5.74) is 3.89. The van der Waals surface area contributed by atoms with Gasteiger partial charge in [0.15, 0.2) is 0 Å². The summed E-state index contributed by atoms with van der Waals surface area (Å²) in [6.45, 7) is 10.4. The summed E-state index contributed by atoms with van der Waals surface area (Å²) in [6, 6.07) is 13.9. The van der Waals surface area contributed by atoms with Crippen LogP contribution in [0.4, 0.5) is 11.4 Å². The molecule has 1 amide bonds. The Labute approximate surface area is 174 Å². The van der Waals surface area contributed by atoms with Gasteiger partial charge in [0.1, 0.15) is 5.75 Å². The van der Waals surface area contributed by atoms with Gasteiger partial charge in [-0.25, -0.2) is 0 Å². The van der Waals surface area contributed by atoms with Gasteiger partial charge in [-0.15, -0.1) is 0 Å². The fraction of sp³-hybridized carbons (Fsp3) is 0.458. The van der Waals surface area contributed by atoms with E-state index >= 15 is 0 Å². The van der Waals surface area contributed by atoms with Gasteiger partial charge in [0.05, 0.1) is 12.8 Å². The molecule has 3 rings (SSSR count). The van der Waals surface area contributed by atoms with Gasteiger partial charge < -0.3 is 19.4 Å². The molecule has 0 N–H and O–H groups in total. The molecule has 0 saturated carbocycles. The van der Waals surface area contributed by atoms with Crippen LogP contribution < -0.4 is 14.5 Å². The van der Waals surface area contributed by atoms with Gasteiger partial charge in [-0.1, -0.05) is 32.9 Å². The Morgan fingerprint density at radius 1 is 1.00 bits per heavy atom. The molecule has 5 nitrogen and oxygen atoms in total. The first kappa shape index (κ1) is 21.2. The number of carbonyl (C=O) groups is 1. The minimum absolute atomic E-state index is 0.0139. The van der Waals surface area contributed by atoms with E-state index in [1.807, 2.05) is 43.4 Å². The number of hydrogen-bond donors (Lipinski definition) is 0. The van der Waals surface area contributed by atoms with Crippen molar-refractivity contribution in [3.05, 3.63) is 53.6 Å². The Hall–Kier alpha value is -2.53. The molecule has 156 valence electrons. The molecule has 0 aliphatic carbocycles. The molecule has 1 fully saturated rings. The maximum atomic E-state index is 13.1. The molecule has 0 radical (unpaired) electrons. The van der Waals surface area contributed by atoms with E-state index in [0.29, 0.717) is 5.56 Å². The Morgan fingerprint density at radius 2 is 1.62 bits per heavy atom. The van der Waals surface area contributed by atoms with Crippen molar-refractivity contribution in [1.29, 1.82) is 0 Å². The molecule has 1 aliphatic heterocycles. The lowest BCUT2D eigenvalue weighted by molar-refractivity contribution is 0.0993. The lowest BCUT2D eigenvalue weighted by Gasteiger charge is -2.35. The first-order valence-corrected chi connectivity index (χ1v) is 10.2. The normalized spacial score (nSPS) is 15.3. The number of anilines is 2. The van der Waals surface area contributed by atoms with Crippen molar-refractivity contribution in [3.63, 3.8) is 0 Å². The fourth-order valence-corrected chi connectivity index (χ4v) is 3.61. The summed E-state index contributed by atoms with van der Waals surface area (Å²) in [5, 5.41) is 0. The standard InChI is InChI=1S/C24H33N3O2/c1-24(2,3)19-9-7-18(8-10-19)23(28)26(5)20-11-12-22(29-6)21(17-20)27-15-13-25(4)14-16-27/h7-12,17H,13-16H2,1-6H3. The topological polar surface area (TPSA) is 36.0 Å². The van der Waals surface area contributed by atoms with Crippen molar-refractivity contribution in [3.8, 4) is 5.75 Å². The van der Waals surface area contributed by atoms with Crippen molar-refractivity contribution in [2.45, 2.75) is 26.2 Å². The molecule has 0 aromatic heterocycles. The second-order valence-corrected chi connectivity index (χ2v) is 8.84. The molecular formula is C24H33N3O2. The van der Waals surface area contributed by atoms with Crippen molar-refractivity contribution in [2.24, 2.45) is 0 Å². The number of ether oxygens (including phenoxy) is 1. The average Bonchev–Trinajstić information content (AvgIpc) is 2.72. The molecule has 29 heavy (non-hydrogen) atoms. The zero-order chi connectivity index (χ0) is 21.2. The number of nitrogens with zero attached hydrogens (tertiary/aromatic N) is 3. The van der Waals surface area contributed by atoms with E-state index < -0.39 is 0 Å². The minimum Gasteiger partial charge on any atom is -0.495 e. The fourth-order valence-electron chi connectivity index (χ4n) is 3.61. The highest BCUT2D eigenvalue weighted by atomic mass is 16.5. The van der Waals surface area contributed by atoms with Gasteiger partial charge in [0.2, 0.25) is 0 Å². The Morgan fingerprint density at radius 3 is 2.17 bits per heavy atom. The third-order valence-electron chi connectivity index (χ3n) is 5.70.